The fourth-order valence-electron chi connectivity index (χ4n) is 1.42. The molecule has 4 heteroatoms. The number of rotatable bonds is 2. The van der Waals surface area contributed by atoms with Crippen LogP contribution in [0.5, 0.6) is 0 Å². The van der Waals surface area contributed by atoms with Gasteiger partial charge < -0.3 is 5.11 Å². The van der Waals surface area contributed by atoms with E-state index < -0.39 is 6.10 Å². The summed E-state index contributed by atoms with van der Waals surface area (Å²) in [4.78, 5) is 8.61. The van der Waals surface area contributed by atoms with Crippen LogP contribution < -0.4 is 0 Å². The summed E-state index contributed by atoms with van der Waals surface area (Å²) in [6, 6.07) is 1.99. The van der Waals surface area contributed by atoms with Gasteiger partial charge in [-0.05, 0) is 25.3 Å². The number of aromatic nitrogens is 2. The third-order valence-corrected chi connectivity index (χ3v) is 2.93. The Kier molecular flexibility index (Phi) is 2.79. The summed E-state index contributed by atoms with van der Waals surface area (Å²) in [5.41, 5.74) is 2.65. The average molecular weight is 220 g/mol. The van der Waals surface area contributed by atoms with Gasteiger partial charge in [-0.15, -0.1) is 0 Å². The van der Waals surface area contributed by atoms with Crippen molar-refractivity contribution in [1.29, 1.82) is 0 Å². The first-order valence-corrected chi connectivity index (χ1v) is 5.67. The van der Waals surface area contributed by atoms with E-state index in [0.29, 0.717) is 0 Å². The molecule has 15 heavy (non-hydrogen) atoms. The van der Waals surface area contributed by atoms with E-state index in [2.05, 4.69) is 9.97 Å². The third kappa shape index (κ3) is 2.06. The molecule has 2 aromatic rings. The first kappa shape index (κ1) is 10.3. The molecular weight excluding hydrogens is 208 g/mol. The van der Waals surface area contributed by atoms with E-state index in [1.165, 1.54) is 0 Å². The Morgan fingerprint density at radius 3 is 2.80 bits per heavy atom. The summed E-state index contributed by atoms with van der Waals surface area (Å²) < 4.78 is 0. The third-order valence-electron chi connectivity index (χ3n) is 2.25. The summed E-state index contributed by atoms with van der Waals surface area (Å²) >= 11 is 1.62. The van der Waals surface area contributed by atoms with Gasteiger partial charge in [0.2, 0.25) is 0 Å². The Morgan fingerprint density at radius 1 is 1.47 bits per heavy atom. The molecule has 0 aromatic carbocycles. The van der Waals surface area contributed by atoms with Gasteiger partial charge in [-0.3, -0.25) is 0 Å². The predicted octanol–water partition coefficient (Wildman–Crippen LogP) is 2.57. The molecule has 0 aliphatic carbocycles. The Hall–Kier alpha value is -1.26. The Morgan fingerprint density at radius 2 is 2.27 bits per heavy atom. The van der Waals surface area contributed by atoms with Crippen molar-refractivity contribution in [3.05, 3.63) is 34.3 Å². The molecule has 0 radical (unpaired) electrons. The normalized spacial score (nSPS) is 12.7. The van der Waals surface area contributed by atoms with Gasteiger partial charge in [-0.1, -0.05) is 0 Å². The van der Waals surface area contributed by atoms with Gasteiger partial charge in [-0.2, -0.15) is 11.3 Å². The quantitative estimate of drug-likeness (QED) is 0.846. The van der Waals surface area contributed by atoms with Crippen molar-refractivity contribution >= 4 is 11.3 Å². The number of hydrogen-bond donors (Lipinski definition) is 1. The lowest BCUT2D eigenvalue weighted by atomic mass is 10.1. The maximum Gasteiger partial charge on any atom is 0.160 e. The van der Waals surface area contributed by atoms with Crippen LogP contribution in [-0.2, 0) is 0 Å². The summed E-state index contributed by atoms with van der Waals surface area (Å²) in [5, 5.41) is 13.5. The van der Waals surface area contributed by atoms with Crippen molar-refractivity contribution in [2.45, 2.75) is 20.0 Å². The van der Waals surface area contributed by atoms with Crippen molar-refractivity contribution < 1.29 is 5.11 Å². The number of aliphatic hydroxyl groups is 1. The molecule has 78 valence electrons. The van der Waals surface area contributed by atoms with Crippen molar-refractivity contribution in [2.24, 2.45) is 0 Å². The molecular formula is C11H12N2OS. The van der Waals surface area contributed by atoms with E-state index in [0.717, 1.165) is 22.6 Å². The molecule has 0 unspecified atom stereocenters. The minimum absolute atomic E-state index is 0.512. The monoisotopic (exact) mass is 220 g/mol. The molecule has 1 N–H and O–H groups in total. The lowest BCUT2D eigenvalue weighted by Gasteiger charge is -2.08. The summed E-state index contributed by atoms with van der Waals surface area (Å²) in [7, 11) is 0. The van der Waals surface area contributed by atoms with Gasteiger partial charge >= 0.3 is 0 Å². The first-order valence-electron chi connectivity index (χ1n) is 4.72. The van der Waals surface area contributed by atoms with Gasteiger partial charge in [0.15, 0.2) is 5.82 Å². The van der Waals surface area contributed by atoms with Gasteiger partial charge in [-0.25, -0.2) is 9.97 Å². The molecule has 2 heterocycles. The molecule has 0 amide bonds. The standard InChI is InChI=1S/C11H12N2OS/c1-7-10(8(2)14)5-12-11(13-7)9-3-4-15-6-9/h3-6,8,14H,1-2H3/t8-/m0/s1. The Labute approximate surface area is 92.5 Å². The van der Waals surface area contributed by atoms with Gasteiger partial charge in [0, 0.05) is 28.4 Å². The Bertz CT molecular complexity index is 452. The first-order chi connectivity index (χ1) is 7.18. The fraction of sp³-hybridized carbons (Fsp3) is 0.273. The van der Waals surface area contributed by atoms with Gasteiger partial charge in [0.05, 0.1) is 6.10 Å². The van der Waals surface area contributed by atoms with Gasteiger partial charge in [0.1, 0.15) is 0 Å². The van der Waals surface area contributed by atoms with E-state index in [1.807, 2.05) is 23.8 Å². The highest BCUT2D eigenvalue weighted by Crippen LogP contribution is 2.21. The summed E-state index contributed by atoms with van der Waals surface area (Å²) in [5.74, 6) is 0.721. The Balaban J connectivity index is 2.42. The average Bonchev–Trinajstić information content (AvgIpc) is 2.69. The number of nitrogens with zero attached hydrogens (tertiary/aromatic N) is 2. The van der Waals surface area contributed by atoms with Crippen LogP contribution in [0.1, 0.15) is 24.3 Å². The summed E-state index contributed by atoms with van der Waals surface area (Å²) in [6.45, 7) is 3.61. The van der Waals surface area contributed by atoms with E-state index >= 15 is 0 Å². The van der Waals surface area contributed by atoms with Crippen molar-refractivity contribution in [3.8, 4) is 11.4 Å². The number of hydrogen-bond acceptors (Lipinski definition) is 4. The van der Waals surface area contributed by atoms with Crippen LogP contribution in [-0.4, -0.2) is 15.1 Å². The molecule has 0 aliphatic heterocycles. The van der Waals surface area contributed by atoms with Crippen molar-refractivity contribution in [3.63, 3.8) is 0 Å². The van der Waals surface area contributed by atoms with Crippen molar-refractivity contribution in [1.82, 2.24) is 9.97 Å². The van der Waals surface area contributed by atoms with Crippen molar-refractivity contribution in [2.75, 3.05) is 0 Å². The molecule has 3 nitrogen and oxygen atoms in total. The molecule has 0 saturated carbocycles. The molecule has 0 spiro atoms. The minimum Gasteiger partial charge on any atom is -0.389 e. The SMILES string of the molecule is Cc1nc(-c2ccsc2)ncc1[C@H](C)O. The molecule has 2 rings (SSSR count). The molecule has 1 atom stereocenters. The molecule has 0 fully saturated rings. The molecule has 2 aromatic heterocycles. The smallest absolute Gasteiger partial charge is 0.160 e. The molecule has 0 saturated heterocycles. The highest BCUT2D eigenvalue weighted by Gasteiger charge is 2.09. The van der Waals surface area contributed by atoms with E-state index in [-0.39, 0.29) is 0 Å². The maximum absolute atomic E-state index is 9.45. The summed E-state index contributed by atoms with van der Waals surface area (Å²) in [6.07, 6.45) is 1.18. The fourth-order valence-corrected chi connectivity index (χ4v) is 2.05. The second-order valence-electron chi connectivity index (χ2n) is 3.42. The van der Waals surface area contributed by atoms with Crippen LogP contribution in [0.3, 0.4) is 0 Å². The molecule has 0 bridgehead atoms. The van der Waals surface area contributed by atoms with Gasteiger partial charge in [0.25, 0.3) is 0 Å². The number of aliphatic hydroxyl groups excluding tert-OH is 1. The zero-order valence-corrected chi connectivity index (χ0v) is 9.45. The lowest BCUT2D eigenvalue weighted by molar-refractivity contribution is 0.197. The maximum atomic E-state index is 9.45. The van der Waals surface area contributed by atoms with Crippen LogP contribution in [0.2, 0.25) is 0 Å². The number of aryl methyl sites for hydroxylation is 1. The highest BCUT2D eigenvalue weighted by atomic mass is 32.1. The second kappa shape index (κ2) is 4.08. The predicted molar refractivity (Wildman–Crippen MR) is 60.7 cm³/mol. The van der Waals surface area contributed by atoms with E-state index in [9.17, 15) is 5.11 Å². The zero-order valence-electron chi connectivity index (χ0n) is 8.64. The van der Waals surface area contributed by atoms with E-state index in [1.54, 1.807) is 24.5 Å². The largest absolute Gasteiger partial charge is 0.389 e. The van der Waals surface area contributed by atoms with Crippen LogP contribution >= 0.6 is 11.3 Å². The van der Waals surface area contributed by atoms with Crippen LogP contribution in [0, 0.1) is 6.92 Å². The number of thiophene rings is 1. The van der Waals surface area contributed by atoms with E-state index in [4.69, 9.17) is 0 Å². The van der Waals surface area contributed by atoms with Crippen LogP contribution in [0.25, 0.3) is 11.4 Å². The lowest BCUT2D eigenvalue weighted by Crippen LogP contribution is -2.00. The van der Waals surface area contributed by atoms with Crippen LogP contribution in [0.4, 0.5) is 0 Å². The van der Waals surface area contributed by atoms with Crippen LogP contribution in [0.15, 0.2) is 23.0 Å². The topological polar surface area (TPSA) is 46.0 Å². The second-order valence-corrected chi connectivity index (χ2v) is 4.20. The highest BCUT2D eigenvalue weighted by molar-refractivity contribution is 7.08. The minimum atomic E-state index is -0.512. The molecule has 0 aliphatic rings. The zero-order chi connectivity index (χ0) is 10.8.